The molecule has 0 spiro atoms. The van der Waals surface area contributed by atoms with Gasteiger partial charge in [0.15, 0.2) is 17.3 Å². The van der Waals surface area contributed by atoms with Crippen LogP contribution >= 0.6 is 23.2 Å². The summed E-state index contributed by atoms with van der Waals surface area (Å²) in [5.41, 5.74) is 1.32. The molecule has 3 aromatic rings. The lowest BCUT2D eigenvalue weighted by molar-refractivity contribution is -0.118. The number of halogens is 2. The lowest BCUT2D eigenvalue weighted by Crippen LogP contribution is -2.28. The number of nitrogens with zero attached hydrogens (tertiary/aromatic N) is 1. The molecule has 1 aliphatic heterocycles. The Bertz CT molecular complexity index is 1090. The Morgan fingerprint density at radius 3 is 2.61 bits per heavy atom. The number of ether oxygens (including phenoxy) is 2. The summed E-state index contributed by atoms with van der Waals surface area (Å²) in [7, 11) is 0. The quantitative estimate of drug-likeness (QED) is 0.644. The predicted octanol–water partition coefficient (Wildman–Crippen LogP) is 5.05. The Hall–Kier alpha value is -2.70. The molecule has 1 saturated carbocycles. The maximum atomic E-state index is 12.9. The van der Waals surface area contributed by atoms with E-state index in [4.69, 9.17) is 37.2 Å². The summed E-state index contributed by atoms with van der Waals surface area (Å²) in [5.74, 6) is 1.79. The van der Waals surface area contributed by atoms with Crippen LogP contribution < -0.4 is 14.8 Å². The number of carbonyl (C=O) groups is 1. The molecule has 0 saturated heterocycles. The molecule has 2 aromatic carbocycles. The first-order valence-electron chi connectivity index (χ1n) is 8.69. The molecule has 28 heavy (non-hydrogen) atoms. The van der Waals surface area contributed by atoms with E-state index in [1.165, 1.54) is 0 Å². The van der Waals surface area contributed by atoms with Gasteiger partial charge in [-0.05, 0) is 49.2 Å². The van der Waals surface area contributed by atoms with Gasteiger partial charge in [-0.3, -0.25) is 4.79 Å². The summed E-state index contributed by atoms with van der Waals surface area (Å²) in [6.07, 6.45) is 1.40. The molecular formula is C20H14Cl2N2O4. The first kappa shape index (κ1) is 17.4. The minimum atomic E-state index is -0.690. The fraction of sp³-hybridized carbons (Fsp3) is 0.200. The highest BCUT2D eigenvalue weighted by Crippen LogP contribution is 2.49. The van der Waals surface area contributed by atoms with Gasteiger partial charge in [0, 0.05) is 17.3 Å². The van der Waals surface area contributed by atoms with Crippen LogP contribution in [0.5, 0.6) is 11.5 Å². The number of carbonyl (C=O) groups excluding carboxylic acids is 1. The zero-order chi connectivity index (χ0) is 19.3. The summed E-state index contributed by atoms with van der Waals surface area (Å²) in [6, 6.07) is 12.3. The highest BCUT2D eigenvalue weighted by atomic mass is 35.5. The van der Waals surface area contributed by atoms with Crippen LogP contribution in [-0.4, -0.2) is 17.9 Å². The van der Waals surface area contributed by atoms with Crippen LogP contribution in [-0.2, 0) is 10.2 Å². The van der Waals surface area contributed by atoms with Crippen molar-refractivity contribution in [1.82, 2.24) is 5.16 Å². The van der Waals surface area contributed by atoms with Gasteiger partial charge in [0.2, 0.25) is 12.7 Å². The van der Waals surface area contributed by atoms with Gasteiger partial charge in [-0.15, -0.1) is 0 Å². The van der Waals surface area contributed by atoms with E-state index >= 15 is 0 Å². The van der Waals surface area contributed by atoms with E-state index in [9.17, 15) is 4.79 Å². The molecule has 142 valence electrons. The number of hydrogen-bond donors (Lipinski definition) is 1. The van der Waals surface area contributed by atoms with Gasteiger partial charge >= 0.3 is 0 Å². The smallest absolute Gasteiger partial charge is 0.236 e. The van der Waals surface area contributed by atoms with Crippen molar-refractivity contribution in [3.8, 4) is 22.8 Å². The van der Waals surface area contributed by atoms with Gasteiger partial charge in [-0.25, -0.2) is 0 Å². The van der Waals surface area contributed by atoms with Crippen LogP contribution in [0.2, 0.25) is 10.0 Å². The fourth-order valence-corrected chi connectivity index (χ4v) is 3.53. The minimum Gasteiger partial charge on any atom is -0.454 e. The van der Waals surface area contributed by atoms with Gasteiger partial charge < -0.3 is 19.3 Å². The SMILES string of the molecule is O=C(Nc1ccc(Cl)c(Cl)c1)C1(c2cc(-c3ccc4c(c3)OCO4)on2)CC1. The van der Waals surface area contributed by atoms with Gasteiger partial charge in [0.25, 0.3) is 0 Å². The third kappa shape index (κ3) is 2.89. The second-order valence-corrected chi connectivity index (χ2v) is 7.62. The predicted molar refractivity (Wildman–Crippen MR) is 104 cm³/mol. The Kier molecular flexibility index (Phi) is 4.00. The number of amides is 1. The second kappa shape index (κ2) is 6.43. The van der Waals surface area contributed by atoms with E-state index < -0.39 is 5.41 Å². The Labute approximate surface area is 170 Å². The number of anilines is 1. The Balaban J connectivity index is 1.38. The minimum absolute atomic E-state index is 0.142. The molecule has 5 rings (SSSR count). The van der Waals surface area contributed by atoms with E-state index in [1.54, 1.807) is 24.3 Å². The number of nitrogens with one attached hydrogen (secondary N) is 1. The molecule has 0 atom stereocenters. The number of benzene rings is 2. The highest BCUT2D eigenvalue weighted by Gasteiger charge is 2.53. The van der Waals surface area contributed by atoms with E-state index in [0.29, 0.717) is 51.5 Å². The van der Waals surface area contributed by atoms with Crippen molar-refractivity contribution < 1.29 is 18.8 Å². The number of fused-ring (bicyclic) bond motifs is 1. The monoisotopic (exact) mass is 416 g/mol. The van der Waals surface area contributed by atoms with Crippen LogP contribution in [0.4, 0.5) is 5.69 Å². The molecule has 2 aliphatic rings. The standard InChI is InChI=1S/C20H14Cl2N2O4/c21-13-3-2-12(8-14(13)22)23-19(25)20(5-6-20)18-9-16(28-24-18)11-1-4-15-17(7-11)27-10-26-15/h1-4,7-9H,5-6,10H2,(H,23,25). The molecule has 6 nitrogen and oxygen atoms in total. The summed E-state index contributed by atoms with van der Waals surface area (Å²) in [5, 5.41) is 7.87. The van der Waals surface area contributed by atoms with Crippen LogP contribution in [0.1, 0.15) is 18.5 Å². The maximum Gasteiger partial charge on any atom is 0.236 e. The Morgan fingerprint density at radius 2 is 1.82 bits per heavy atom. The number of aromatic nitrogens is 1. The second-order valence-electron chi connectivity index (χ2n) is 6.81. The largest absolute Gasteiger partial charge is 0.454 e. The number of hydrogen-bond acceptors (Lipinski definition) is 5. The molecule has 1 aromatic heterocycles. The highest BCUT2D eigenvalue weighted by molar-refractivity contribution is 6.42. The third-order valence-electron chi connectivity index (χ3n) is 5.02. The lowest BCUT2D eigenvalue weighted by Gasteiger charge is -2.12. The molecular weight excluding hydrogens is 403 g/mol. The van der Waals surface area contributed by atoms with Crippen molar-refractivity contribution in [3.05, 3.63) is 58.2 Å². The first-order chi connectivity index (χ1) is 13.5. The molecule has 1 aliphatic carbocycles. The van der Waals surface area contributed by atoms with Crippen molar-refractivity contribution >= 4 is 34.8 Å². The summed E-state index contributed by atoms with van der Waals surface area (Å²) >= 11 is 12.0. The van der Waals surface area contributed by atoms with Crippen LogP contribution in [0.3, 0.4) is 0 Å². The molecule has 1 fully saturated rings. The maximum absolute atomic E-state index is 12.9. The number of rotatable bonds is 4. The van der Waals surface area contributed by atoms with E-state index in [-0.39, 0.29) is 12.7 Å². The summed E-state index contributed by atoms with van der Waals surface area (Å²) in [4.78, 5) is 12.9. The molecule has 1 N–H and O–H groups in total. The topological polar surface area (TPSA) is 73.6 Å². The van der Waals surface area contributed by atoms with Crippen molar-refractivity contribution in [2.24, 2.45) is 0 Å². The van der Waals surface area contributed by atoms with Crippen LogP contribution in [0.15, 0.2) is 47.0 Å². The summed E-state index contributed by atoms with van der Waals surface area (Å²) in [6.45, 7) is 0.207. The zero-order valence-electron chi connectivity index (χ0n) is 14.5. The molecule has 0 unspecified atom stereocenters. The first-order valence-corrected chi connectivity index (χ1v) is 9.44. The zero-order valence-corrected chi connectivity index (χ0v) is 16.0. The molecule has 0 radical (unpaired) electrons. The summed E-state index contributed by atoms with van der Waals surface area (Å²) < 4.78 is 16.2. The van der Waals surface area contributed by atoms with Gasteiger partial charge in [-0.1, -0.05) is 28.4 Å². The lowest BCUT2D eigenvalue weighted by atomic mass is 10.00. The fourth-order valence-electron chi connectivity index (χ4n) is 3.24. The van der Waals surface area contributed by atoms with Crippen molar-refractivity contribution in [2.45, 2.75) is 18.3 Å². The van der Waals surface area contributed by atoms with Crippen LogP contribution in [0, 0.1) is 0 Å². The van der Waals surface area contributed by atoms with E-state index in [0.717, 1.165) is 5.56 Å². The molecule has 0 bridgehead atoms. The van der Waals surface area contributed by atoms with Crippen molar-refractivity contribution in [2.75, 3.05) is 12.1 Å². The molecule has 2 heterocycles. The van der Waals surface area contributed by atoms with Gasteiger partial charge in [0.1, 0.15) is 0 Å². The van der Waals surface area contributed by atoms with Crippen LogP contribution in [0.25, 0.3) is 11.3 Å². The van der Waals surface area contributed by atoms with Gasteiger partial charge in [0.05, 0.1) is 21.2 Å². The van der Waals surface area contributed by atoms with Crippen molar-refractivity contribution in [3.63, 3.8) is 0 Å². The molecule has 8 heteroatoms. The normalized spacial score (nSPS) is 16.1. The van der Waals surface area contributed by atoms with Gasteiger partial charge in [-0.2, -0.15) is 0 Å². The Morgan fingerprint density at radius 1 is 1.00 bits per heavy atom. The van der Waals surface area contributed by atoms with Crippen molar-refractivity contribution in [1.29, 1.82) is 0 Å². The van der Waals surface area contributed by atoms with E-state index in [1.807, 2.05) is 18.2 Å². The van der Waals surface area contributed by atoms with E-state index in [2.05, 4.69) is 10.5 Å². The average Bonchev–Trinajstić information content (AvgIpc) is 3.13. The molecule has 1 amide bonds. The third-order valence-corrected chi connectivity index (χ3v) is 5.76. The average molecular weight is 417 g/mol.